The number of hydrogen-bond donors (Lipinski definition) is 3. The van der Waals surface area contributed by atoms with Gasteiger partial charge in [-0.1, -0.05) is 12.1 Å². The number of aryl methyl sites for hydroxylation is 2. The molecule has 0 saturated carbocycles. The molecule has 2 aromatic heterocycles. The van der Waals surface area contributed by atoms with Crippen LogP contribution in [0.1, 0.15) is 37.1 Å². The summed E-state index contributed by atoms with van der Waals surface area (Å²) in [5.41, 5.74) is 5.84. The van der Waals surface area contributed by atoms with E-state index in [0.29, 0.717) is 22.0 Å². The van der Waals surface area contributed by atoms with Crippen molar-refractivity contribution in [3.05, 3.63) is 51.8 Å². The number of rotatable bonds is 4. The molecule has 0 bridgehead atoms. The van der Waals surface area contributed by atoms with Gasteiger partial charge in [0.1, 0.15) is 9.88 Å². The van der Waals surface area contributed by atoms with Gasteiger partial charge in [0.15, 0.2) is 5.69 Å². The van der Waals surface area contributed by atoms with Crippen molar-refractivity contribution in [2.75, 3.05) is 5.32 Å². The van der Waals surface area contributed by atoms with Crippen LogP contribution in [0.4, 0.5) is 18.9 Å². The molecule has 2 amide bonds. The smallest absolute Gasteiger partial charge is 0.364 e. The summed E-state index contributed by atoms with van der Waals surface area (Å²) in [6, 6.07) is 4.52. The zero-order valence-corrected chi connectivity index (χ0v) is 15.5. The fourth-order valence-electron chi connectivity index (χ4n) is 2.46. The molecular formula is C17H14F3N5O2S. The fraction of sp³-hybridized carbons (Fsp3) is 0.176. The van der Waals surface area contributed by atoms with Crippen molar-refractivity contribution >= 4 is 28.8 Å². The minimum Gasteiger partial charge on any atom is -0.364 e. The van der Waals surface area contributed by atoms with Crippen molar-refractivity contribution in [1.82, 2.24) is 15.2 Å². The first-order chi connectivity index (χ1) is 13.1. The summed E-state index contributed by atoms with van der Waals surface area (Å²) in [6.45, 7) is 3.22. The molecule has 0 unspecified atom stereocenters. The highest BCUT2D eigenvalue weighted by Crippen LogP contribution is 2.33. The van der Waals surface area contributed by atoms with Crippen molar-refractivity contribution in [2.24, 2.45) is 5.73 Å². The van der Waals surface area contributed by atoms with Gasteiger partial charge in [-0.25, -0.2) is 4.98 Å². The number of nitrogens with one attached hydrogen (secondary N) is 2. The summed E-state index contributed by atoms with van der Waals surface area (Å²) in [5, 5.41) is 9.29. The van der Waals surface area contributed by atoms with Crippen LogP contribution in [0.5, 0.6) is 0 Å². The predicted octanol–water partition coefficient (Wildman–Crippen LogP) is 3.52. The van der Waals surface area contributed by atoms with Crippen LogP contribution in [0.3, 0.4) is 0 Å². The maximum atomic E-state index is 12.7. The van der Waals surface area contributed by atoms with E-state index < -0.39 is 23.6 Å². The number of aromatic nitrogens is 3. The van der Waals surface area contributed by atoms with Gasteiger partial charge in [-0.3, -0.25) is 14.7 Å². The Morgan fingerprint density at radius 3 is 2.39 bits per heavy atom. The summed E-state index contributed by atoms with van der Waals surface area (Å²) in [6.07, 6.45) is -4.43. The molecule has 0 atom stereocenters. The van der Waals surface area contributed by atoms with Crippen molar-refractivity contribution in [1.29, 1.82) is 0 Å². The number of nitrogens with two attached hydrogens (primary N) is 1. The first kappa shape index (κ1) is 19.5. The summed E-state index contributed by atoms with van der Waals surface area (Å²) in [4.78, 5) is 28.5. The van der Waals surface area contributed by atoms with E-state index in [2.05, 4.69) is 20.5 Å². The molecule has 0 fully saturated rings. The number of halogens is 3. The molecule has 1 aromatic carbocycles. The predicted molar refractivity (Wildman–Crippen MR) is 97.1 cm³/mol. The van der Waals surface area contributed by atoms with E-state index in [1.54, 1.807) is 13.8 Å². The lowest BCUT2D eigenvalue weighted by Crippen LogP contribution is -2.18. The molecule has 28 heavy (non-hydrogen) atoms. The van der Waals surface area contributed by atoms with E-state index in [9.17, 15) is 22.8 Å². The van der Waals surface area contributed by atoms with E-state index in [1.165, 1.54) is 12.1 Å². The lowest BCUT2D eigenvalue weighted by Gasteiger charge is -2.06. The van der Waals surface area contributed by atoms with Gasteiger partial charge >= 0.3 is 6.18 Å². The van der Waals surface area contributed by atoms with Gasteiger partial charge in [0.05, 0.1) is 22.6 Å². The first-order valence-corrected chi connectivity index (χ1v) is 8.70. The first-order valence-electron chi connectivity index (χ1n) is 7.89. The summed E-state index contributed by atoms with van der Waals surface area (Å²) in [7, 11) is 0. The molecule has 0 saturated heterocycles. The van der Waals surface area contributed by atoms with E-state index >= 15 is 0 Å². The van der Waals surface area contributed by atoms with E-state index in [1.807, 2.05) is 0 Å². The van der Waals surface area contributed by atoms with Gasteiger partial charge in [0, 0.05) is 5.56 Å². The number of anilines is 1. The third-order valence-corrected chi connectivity index (χ3v) is 5.09. The minimum atomic E-state index is -4.43. The molecule has 0 spiro atoms. The number of alkyl halides is 3. The zero-order chi connectivity index (χ0) is 20.6. The second kappa shape index (κ2) is 7.08. The zero-order valence-electron chi connectivity index (χ0n) is 14.6. The molecule has 7 nitrogen and oxygen atoms in total. The maximum absolute atomic E-state index is 12.7. The molecule has 2 heterocycles. The summed E-state index contributed by atoms with van der Waals surface area (Å²) >= 11 is 1.02. The largest absolute Gasteiger partial charge is 0.416 e. The van der Waals surface area contributed by atoms with Crippen molar-refractivity contribution in [2.45, 2.75) is 20.0 Å². The monoisotopic (exact) mass is 409 g/mol. The average molecular weight is 409 g/mol. The standard InChI is InChI=1S/C17H14F3N5O2S/c1-7-11(12(14(21)26)25-24-7)23-15(27)13-8(2)22-16(28-13)9-3-5-10(6-4-9)17(18,19)20/h3-6H,1-2H3,(H2,21,26)(H,23,27)(H,24,25). The number of hydrogen-bond acceptors (Lipinski definition) is 5. The van der Waals surface area contributed by atoms with Gasteiger partial charge in [-0.15, -0.1) is 11.3 Å². The highest BCUT2D eigenvalue weighted by molar-refractivity contribution is 7.17. The minimum absolute atomic E-state index is 0.101. The van der Waals surface area contributed by atoms with Crippen LogP contribution in [0.15, 0.2) is 24.3 Å². The maximum Gasteiger partial charge on any atom is 0.416 e. The average Bonchev–Trinajstić information content (AvgIpc) is 3.18. The van der Waals surface area contributed by atoms with Gasteiger partial charge < -0.3 is 11.1 Å². The highest BCUT2D eigenvalue weighted by atomic mass is 32.1. The topological polar surface area (TPSA) is 114 Å². The molecule has 11 heteroatoms. The number of amides is 2. The second-order valence-electron chi connectivity index (χ2n) is 5.90. The number of carbonyl (C=O) groups is 2. The van der Waals surface area contributed by atoms with Crippen LogP contribution in [-0.4, -0.2) is 27.0 Å². The van der Waals surface area contributed by atoms with Gasteiger partial charge in [0.25, 0.3) is 11.8 Å². The Balaban J connectivity index is 1.87. The highest BCUT2D eigenvalue weighted by Gasteiger charge is 2.30. The number of nitrogens with zero attached hydrogens (tertiary/aromatic N) is 2. The number of thiazole rings is 1. The Kier molecular flexibility index (Phi) is 4.94. The molecule has 4 N–H and O–H groups in total. The molecule has 146 valence electrons. The lowest BCUT2D eigenvalue weighted by atomic mass is 10.1. The van der Waals surface area contributed by atoms with Crippen molar-refractivity contribution in [3.8, 4) is 10.6 Å². The van der Waals surface area contributed by atoms with Crippen LogP contribution in [0.2, 0.25) is 0 Å². The Labute approximate surface area is 160 Å². The van der Waals surface area contributed by atoms with Crippen molar-refractivity contribution < 1.29 is 22.8 Å². The molecule has 0 radical (unpaired) electrons. The van der Waals surface area contributed by atoms with Crippen LogP contribution < -0.4 is 11.1 Å². The van der Waals surface area contributed by atoms with E-state index in [4.69, 9.17) is 5.73 Å². The third kappa shape index (κ3) is 3.74. The summed E-state index contributed by atoms with van der Waals surface area (Å²) in [5.74, 6) is -1.33. The Hall–Kier alpha value is -3.21. The molecule has 0 aliphatic heterocycles. The Morgan fingerprint density at radius 1 is 1.18 bits per heavy atom. The molecule has 3 rings (SSSR count). The summed E-state index contributed by atoms with van der Waals surface area (Å²) < 4.78 is 38.1. The van der Waals surface area contributed by atoms with Crippen LogP contribution in [0.25, 0.3) is 10.6 Å². The molecule has 3 aromatic rings. The number of carbonyl (C=O) groups excluding carboxylic acids is 2. The Morgan fingerprint density at radius 2 is 1.82 bits per heavy atom. The number of benzene rings is 1. The van der Waals surface area contributed by atoms with Crippen LogP contribution in [-0.2, 0) is 6.18 Å². The van der Waals surface area contributed by atoms with Gasteiger partial charge in [0.2, 0.25) is 0 Å². The van der Waals surface area contributed by atoms with Gasteiger partial charge in [-0.05, 0) is 26.0 Å². The Bertz CT molecular complexity index is 1050. The molecule has 0 aliphatic carbocycles. The normalized spacial score (nSPS) is 11.5. The fourth-order valence-corrected chi connectivity index (χ4v) is 3.43. The molecular weight excluding hydrogens is 395 g/mol. The van der Waals surface area contributed by atoms with Crippen LogP contribution >= 0.6 is 11.3 Å². The number of H-pyrrole nitrogens is 1. The van der Waals surface area contributed by atoms with Crippen LogP contribution in [0, 0.1) is 13.8 Å². The van der Waals surface area contributed by atoms with E-state index in [0.717, 1.165) is 23.5 Å². The van der Waals surface area contributed by atoms with E-state index in [-0.39, 0.29) is 16.3 Å². The third-order valence-electron chi connectivity index (χ3n) is 3.88. The SMILES string of the molecule is Cc1nc(-c2ccc(C(F)(F)F)cc2)sc1C(=O)Nc1c(C(N)=O)n[nH]c1C. The number of primary amides is 1. The lowest BCUT2D eigenvalue weighted by molar-refractivity contribution is -0.137. The van der Waals surface area contributed by atoms with Crippen molar-refractivity contribution in [3.63, 3.8) is 0 Å². The molecule has 0 aliphatic rings. The van der Waals surface area contributed by atoms with Gasteiger partial charge in [-0.2, -0.15) is 18.3 Å². The number of aromatic amines is 1. The quantitative estimate of drug-likeness (QED) is 0.612. The second-order valence-corrected chi connectivity index (χ2v) is 6.90.